The third-order valence-corrected chi connectivity index (χ3v) is 6.44. The zero-order valence-electron chi connectivity index (χ0n) is 15.6. The molecule has 1 aliphatic rings. The summed E-state index contributed by atoms with van der Waals surface area (Å²) < 4.78 is 0. The molecule has 0 bridgehead atoms. The number of piperidine rings is 1. The van der Waals surface area contributed by atoms with Crippen LogP contribution in [0.1, 0.15) is 24.5 Å². The first-order valence-electron chi connectivity index (χ1n) is 9.81. The maximum Gasteiger partial charge on any atom is 0.161 e. The molecule has 0 radical (unpaired) electrons. The summed E-state index contributed by atoms with van der Waals surface area (Å²) in [4.78, 5) is 18.9. The van der Waals surface area contributed by atoms with E-state index >= 15 is 0 Å². The molecule has 0 saturated carbocycles. The molecule has 1 fully saturated rings. The molecule has 5 aromatic rings. The van der Waals surface area contributed by atoms with Gasteiger partial charge in [-0.3, -0.25) is 10.1 Å². The van der Waals surface area contributed by atoms with Crippen LogP contribution in [0, 0.1) is 0 Å². The second kappa shape index (κ2) is 6.75. The highest BCUT2D eigenvalue weighted by molar-refractivity contribution is 7.13. The zero-order chi connectivity index (χ0) is 19.2. The van der Waals surface area contributed by atoms with Gasteiger partial charge < -0.3 is 10.3 Å². The van der Waals surface area contributed by atoms with E-state index in [4.69, 9.17) is 9.97 Å². The van der Waals surface area contributed by atoms with Crippen molar-refractivity contribution in [2.45, 2.75) is 18.8 Å². The first kappa shape index (κ1) is 16.8. The van der Waals surface area contributed by atoms with E-state index in [9.17, 15) is 0 Å². The van der Waals surface area contributed by atoms with Crippen LogP contribution in [-0.4, -0.2) is 43.2 Å². The maximum absolute atomic E-state index is 4.98. The number of aromatic amines is 2. The summed E-state index contributed by atoms with van der Waals surface area (Å²) in [5, 5.41) is 13.1. The van der Waals surface area contributed by atoms with E-state index in [-0.39, 0.29) is 0 Å². The Labute approximate surface area is 170 Å². The summed E-state index contributed by atoms with van der Waals surface area (Å²) in [6.45, 7) is 2.09. The van der Waals surface area contributed by atoms with Crippen molar-refractivity contribution < 1.29 is 0 Å². The molecule has 5 aromatic heterocycles. The van der Waals surface area contributed by atoms with Crippen LogP contribution in [-0.2, 0) is 0 Å². The van der Waals surface area contributed by atoms with Crippen molar-refractivity contribution in [1.29, 1.82) is 0 Å². The summed E-state index contributed by atoms with van der Waals surface area (Å²) in [5.41, 5.74) is 6.38. The Morgan fingerprint density at radius 2 is 1.83 bits per heavy atom. The molecule has 7 nitrogen and oxygen atoms in total. The zero-order valence-corrected chi connectivity index (χ0v) is 16.5. The molecular formula is C21H19N7S. The quantitative estimate of drug-likeness (QED) is 0.423. The lowest BCUT2D eigenvalue weighted by molar-refractivity contribution is 0.454. The summed E-state index contributed by atoms with van der Waals surface area (Å²) in [7, 11) is 0. The van der Waals surface area contributed by atoms with E-state index in [2.05, 4.69) is 49.1 Å². The Morgan fingerprint density at radius 3 is 2.69 bits per heavy atom. The fraction of sp³-hybridized carbons (Fsp3) is 0.238. The average molecular weight is 401 g/mol. The Kier molecular flexibility index (Phi) is 3.92. The van der Waals surface area contributed by atoms with Gasteiger partial charge in [-0.05, 0) is 55.6 Å². The number of fused-ring (bicyclic) bond motifs is 2. The standard InChI is InChI=1S/C21H19N7S/c1-2-16(29-11-1)19-17-14(7-10-23-19)25-21(26-17)20-18-15(27-28-20)4-3-13(24-18)12-5-8-22-9-6-12/h1-4,7,10-12,22H,5-6,8-9H2,(H,25,26)(H,27,28). The minimum absolute atomic E-state index is 0.494. The van der Waals surface area contributed by atoms with Crippen LogP contribution in [0.15, 0.2) is 41.9 Å². The van der Waals surface area contributed by atoms with Gasteiger partial charge >= 0.3 is 0 Å². The van der Waals surface area contributed by atoms with Gasteiger partial charge in [-0.1, -0.05) is 6.07 Å². The number of imidazole rings is 1. The first-order valence-corrected chi connectivity index (χ1v) is 10.7. The summed E-state index contributed by atoms with van der Waals surface area (Å²) in [5.74, 6) is 1.21. The minimum Gasteiger partial charge on any atom is -0.336 e. The van der Waals surface area contributed by atoms with Crippen LogP contribution in [0.2, 0.25) is 0 Å². The fourth-order valence-electron chi connectivity index (χ4n) is 4.07. The fourth-order valence-corrected chi connectivity index (χ4v) is 4.79. The number of hydrogen-bond donors (Lipinski definition) is 3. The van der Waals surface area contributed by atoms with Crippen LogP contribution in [0.5, 0.6) is 0 Å². The van der Waals surface area contributed by atoms with E-state index in [1.807, 2.05) is 18.3 Å². The van der Waals surface area contributed by atoms with Gasteiger partial charge in [0.25, 0.3) is 0 Å². The van der Waals surface area contributed by atoms with E-state index in [0.29, 0.717) is 11.7 Å². The second-order valence-corrected chi connectivity index (χ2v) is 8.29. The highest BCUT2D eigenvalue weighted by Gasteiger charge is 2.20. The van der Waals surface area contributed by atoms with Gasteiger partial charge in [0.15, 0.2) is 11.5 Å². The van der Waals surface area contributed by atoms with Gasteiger partial charge in [0.1, 0.15) is 16.7 Å². The molecule has 8 heteroatoms. The SMILES string of the molecule is c1csc(-c2nccc3[nH]c(-c4n[nH]c5ccc(C6CCNCC6)nc45)nc23)c1. The van der Waals surface area contributed by atoms with E-state index < -0.39 is 0 Å². The predicted octanol–water partition coefficient (Wildman–Crippen LogP) is 4.09. The molecule has 3 N–H and O–H groups in total. The summed E-state index contributed by atoms with van der Waals surface area (Å²) in [6, 6.07) is 10.3. The Hall–Kier alpha value is -3.10. The first-order chi connectivity index (χ1) is 14.4. The van der Waals surface area contributed by atoms with Gasteiger partial charge in [0.05, 0.1) is 15.9 Å². The molecule has 144 valence electrons. The summed E-state index contributed by atoms with van der Waals surface area (Å²) in [6.07, 6.45) is 4.05. The Balaban J connectivity index is 1.48. The molecular weight excluding hydrogens is 382 g/mol. The number of aromatic nitrogens is 6. The lowest BCUT2D eigenvalue weighted by atomic mass is 9.94. The number of H-pyrrole nitrogens is 2. The van der Waals surface area contributed by atoms with Crippen LogP contribution in [0.4, 0.5) is 0 Å². The third kappa shape index (κ3) is 2.83. The van der Waals surface area contributed by atoms with Gasteiger partial charge in [0.2, 0.25) is 0 Å². The lowest BCUT2D eigenvalue weighted by Gasteiger charge is -2.22. The number of thiophene rings is 1. The maximum atomic E-state index is 4.98. The molecule has 1 aliphatic heterocycles. The van der Waals surface area contributed by atoms with Crippen molar-refractivity contribution >= 4 is 33.4 Å². The molecule has 1 saturated heterocycles. The molecule has 6 heterocycles. The van der Waals surface area contributed by atoms with Crippen molar-refractivity contribution in [2.24, 2.45) is 0 Å². The highest BCUT2D eigenvalue weighted by Crippen LogP contribution is 2.32. The molecule has 0 amide bonds. The molecule has 0 aromatic carbocycles. The van der Waals surface area contributed by atoms with Gasteiger partial charge in [-0.25, -0.2) is 9.97 Å². The van der Waals surface area contributed by atoms with Crippen molar-refractivity contribution in [3.63, 3.8) is 0 Å². The van der Waals surface area contributed by atoms with Crippen molar-refractivity contribution in [2.75, 3.05) is 13.1 Å². The van der Waals surface area contributed by atoms with E-state index in [1.54, 1.807) is 11.3 Å². The monoisotopic (exact) mass is 401 g/mol. The molecule has 0 unspecified atom stereocenters. The number of nitrogens with one attached hydrogen (secondary N) is 3. The van der Waals surface area contributed by atoms with E-state index in [0.717, 1.165) is 70.0 Å². The predicted molar refractivity (Wildman–Crippen MR) is 115 cm³/mol. The van der Waals surface area contributed by atoms with Crippen molar-refractivity contribution in [1.82, 2.24) is 35.5 Å². The number of rotatable bonds is 3. The van der Waals surface area contributed by atoms with Crippen molar-refractivity contribution in [3.05, 3.63) is 47.6 Å². The van der Waals surface area contributed by atoms with Crippen LogP contribution in [0.25, 0.3) is 44.2 Å². The lowest BCUT2D eigenvalue weighted by Crippen LogP contribution is -2.27. The average Bonchev–Trinajstić information content (AvgIpc) is 3.52. The summed E-state index contributed by atoms with van der Waals surface area (Å²) >= 11 is 1.66. The molecule has 29 heavy (non-hydrogen) atoms. The molecule has 0 atom stereocenters. The number of hydrogen-bond acceptors (Lipinski definition) is 6. The van der Waals surface area contributed by atoms with Crippen LogP contribution >= 0.6 is 11.3 Å². The molecule has 0 spiro atoms. The van der Waals surface area contributed by atoms with E-state index in [1.165, 1.54) is 0 Å². The van der Waals surface area contributed by atoms with Crippen molar-refractivity contribution in [3.8, 4) is 22.1 Å². The van der Waals surface area contributed by atoms with Gasteiger partial charge in [0, 0.05) is 17.8 Å². The molecule has 6 rings (SSSR count). The minimum atomic E-state index is 0.494. The number of pyridine rings is 2. The van der Waals surface area contributed by atoms with Crippen LogP contribution in [0.3, 0.4) is 0 Å². The Morgan fingerprint density at radius 1 is 0.931 bits per heavy atom. The third-order valence-electron chi connectivity index (χ3n) is 5.57. The Bertz CT molecular complexity index is 1300. The van der Waals surface area contributed by atoms with Gasteiger partial charge in [-0.2, -0.15) is 5.10 Å². The largest absolute Gasteiger partial charge is 0.336 e. The topological polar surface area (TPSA) is 95.2 Å². The van der Waals surface area contributed by atoms with Crippen LogP contribution < -0.4 is 5.32 Å². The highest BCUT2D eigenvalue weighted by atomic mass is 32.1. The smallest absolute Gasteiger partial charge is 0.161 e. The van der Waals surface area contributed by atoms with Gasteiger partial charge in [-0.15, -0.1) is 11.3 Å². The second-order valence-electron chi connectivity index (χ2n) is 7.35. The normalized spacial score (nSPS) is 15.4. The molecule has 0 aliphatic carbocycles. The number of nitrogens with zero attached hydrogens (tertiary/aromatic N) is 4.